The zero-order valence-electron chi connectivity index (χ0n) is 16.7. The van der Waals surface area contributed by atoms with E-state index in [1.165, 1.54) is 11.8 Å². The minimum atomic E-state index is -3.54. The van der Waals surface area contributed by atoms with Gasteiger partial charge in [-0.15, -0.1) is 10.2 Å². The molecular weight excluding hydrogens is 444 g/mol. The first-order valence-electron chi connectivity index (χ1n) is 9.02. The van der Waals surface area contributed by atoms with Gasteiger partial charge in [-0.2, -0.15) is 0 Å². The summed E-state index contributed by atoms with van der Waals surface area (Å²) in [4.78, 5) is 12.5. The number of amides is 1. The van der Waals surface area contributed by atoms with Crippen molar-refractivity contribution >= 4 is 44.8 Å². The number of benzene rings is 2. The number of hydrogen-bond acceptors (Lipinski definition) is 6. The maximum atomic E-state index is 12.6. The lowest BCUT2D eigenvalue weighted by atomic mass is 10.2. The third-order valence-electron chi connectivity index (χ3n) is 4.41. The van der Waals surface area contributed by atoms with Crippen LogP contribution in [0.25, 0.3) is 0 Å². The Hall–Kier alpha value is -2.36. The maximum Gasteiger partial charge on any atom is 0.234 e. The molecule has 1 heterocycles. The number of thioether (sulfide) groups is 1. The summed E-state index contributed by atoms with van der Waals surface area (Å²) < 4.78 is 26.9. The standard InChI is InChI=1S/C20H21ClN4O3S2/c1-13-4-8-16(9-5-13)30(27,28)12-18-23-24-20(25(18)3)29-11-19(26)22-15-7-6-14(2)17(21)10-15/h4-10H,11-12H2,1-3H3,(H,22,26). The van der Waals surface area contributed by atoms with Crippen molar-refractivity contribution in [1.82, 2.24) is 14.8 Å². The molecule has 1 amide bonds. The molecule has 2 aromatic carbocycles. The smallest absolute Gasteiger partial charge is 0.234 e. The predicted octanol–water partition coefficient (Wildman–Crippen LogP) is 3.79. The zero-order chi connectivity index (χ0) is 21.9. The van der Waals surface area contributed by atoms with E-state index in [9.17, 15) is 13.2 Å². The molecule has 0 saturated carbocycles. The highest BCUT2D eigenvalue weighted by Crippen LogP contribution is 2.22. The fourth-order valence-corrected chi connectivity index (χ4v) is 4.81. The van der Waals surface area contributed by atoms with Crippen molar-refractivity contribution in [2.24, 2.45) is 7.05 Å². The minimum Gasteiger partial charge on any atom is -0.325 e. The Morgan fingerprint density at radius 1 is 1.13 bits per heavy atom. The van der Waals surface area contributed by atoms with Crippen molar-refractivity contribution in [2.75, 3.05) is 11.1 Å². The monoisotopic (exact) mass is 464 g/mol. The molecule has 0 radical (unpaired) electrons. The van der Waals surface area contributed by atoms with Gasteiger partial charge in [0.05, 0.1) is 10.6 Å². The summed E-state index contributed by atoms with van der Waals surface area (Å²) in [5, 5.41) is 11.8. The molecule has 0 aliphatic rings. The van der Waals surface area contributed by atoms with E-state index >= 15 is 0 Å². The van der Waals surface area contributed by atoms with Crippen molar-refractivity contribution in [3.63, 3.8) is 0 Å². The molecule has 0 spiro atoms. The van der Waals surface area contributed by atoms with Crippen LogP contribution in [0.1, 0.15) is 17.0 Å². The van der Waals surface area contributed by atoms with Gasteiger partial charge in [0.15, 0.2) is 15.0 Å². The number of nitrogens with one attached hydrogen (secondary N) is 1. The summed E-state index contributed by atoms with van der Waals surface area (Å²) in [6.07, 6.45) is 0. The topological polar surface area (TPSA) is 94.0 Å². The molecule has 0 unspecified atom stereocenters. The van der Waals surface area contributed by atoms with E-state index in [2.05, 4.69) is 15.5 Å². The summed E-state index contributed by atoms with van der Waals surface area (Å²) in [5.41, 5.74) is 2.52. The summed E-state index contributed by atoms with van der Waals surface area (Å²) in [5.74, 6) is -0.0864. The van der Waals surface area contributed by atoms with Crippen LogP contribution in [0.4, 0.5) is 5.69 Å². The lowest BCUT2D eigenvalue weighted by molar-refractivity contribution is -0.113. The SMILES string of the molecule is Cc1ccc(S(=O)(=O)Cc2nnc(SCC(=O)Nc3ccc(C)c(Cl)c3)n2C)cc1. The quantitative estimate of drug-likeness (QED) is 0.534. The van der Waals surface area contributed by atoms with Crippen LogP contribution < -0.4 is 5.32 Å². The van der Waals surface area contributed by atoms with Crippen molar-refractivity contribution in [3.8, 4) is 0 Å². The van der Waals surface area contributed by atoms with Crippen LogP contribution >= 0.6 is 23.4 Å². The second kappa shape index (κ2) is 9.20. The molecular formula is C20H21ClN4O3S2. The number of aryl methyl sites for hydroxylation is 2. The van der Waals surface area contributed by atoms with Crippen LogP contribution in [-0.4, -0.2) is 34.8 Å². The molecule has 0 bridgehead atoms. The number of halogens is 1. The van der Waals surface area contributed by atoms with E-state index in [0.29, 0.717) is 21.7 Å². The van der Waals surface area contributed by atoms with Crippen LogP contribution in [0.5, 0.6) is 0 Å². The van der Waals surface area contributed by atoms with Gasteiger partial charge in [-0.05, 0) is 43.7 Å². The van der Waals surface area contributed by atoms with Gasteiger partial charge in [0.25, 0.3) is 0 Å². The molecule has 1 aromatic heterocycles. The summed E-state index contributed by atoms with van der Waals surface area (Å²) in [6, 6.07) is 12.0. The van der Waals surface area contributed by atoms with E-state index in [4.69, 9.17) is 11.6 Å². The lowest BCUT2D eigenvalue weighted by Crippen LogP contribution is -2.14. The number of anilines is 1. The van der Waals surface area contributed by atoms with Crippen LogP contribution in [-0.2, 0) is 27.4 Å². The van der Waals surface area contributed by atoms with E-state index in [0.717, 1.165) is 11.1 Å². The number of rotatable bonds is 7. The highest BCUT2D eigenvalue weighted by atomic mass is 35.5. The van der Waals surface area contributed by atoms with E-state index in [1.54, 1.807) is 48.0 Å². The summed E-state index contributed by atoms with van der Waals surface area (Å²) in [6.45, 7) is 3.78. The van der Waals surface area contributed by atoms with Crippen LogP contribution in [0.15, 0.2) is 52.5 Å². The van der Waals surface area contributed by atoms with E-state index < -0.39 is 9.84 Å². The third kappa shape index (κ3) is 5.41. The Balaban J connectivity index is 1.63. The second-order valence-corrected chi connectivity index (χ2v) is 10.2. The molecule has 0 saturated heterocycles. The Kier molecular flexibility index (Phi) is 6.84. The zero-order valence-corrected chi connectivity index (χ0v) is 19.1. The van der Waals surface area contributed by atoms with Crippen LogP contribution in [0.2, 0.25) is 5.02 Å². The van der Waals surface area contributed by atoms with Crippen LogP contribution in [0, 0.1) is 13.8 Å². The Morgan fingerprint density at radius 2 is 1.83 bits per heavy atom. The number of carbonyl (C=O) groups is 1. The lowest BCUT2D eigenvalue weighted by Gasteiger charge is -2.07. The molecule has 10 heteroatoms. The van der Waals surface area contributed by atoms with Gasteiger partial charge < -0.3 is 9.88 Å². The Bertz CT molecular complexity index is 1180. The molecule has 3 rings (SSSR count). The first-order chi connectivity index (χ1) is 14.2. The second-order valence-electron chi connectivity index (χ2n) is 6.83. The normalized spacial score (nSPS) is 11.5. The average molecular weight is 465 g/mol. The van der Waals surface area contributed by atoms with E-state index in [-0.39, 0.29) is 22.3 Å². The fraction of sp³-hybridized carbons (Fsp3) is 0.250. The summed E-state index contributed by atoms with van der Waals surface area (Å²) >= 11 is 7.25. The number of sulfone groups is 1. The molecule has 7 nitrogen and oxygen atoms in total. The van der Waals surface area contributed by atoms with Gasteiger partial charge in [-0.3, -0.25) is 4.79 Å². The number of nitrogens with zero attached hydrogens (tertiary/aromatic N) is 3. The fourth-order valence-electron chi connectivity index (χ4n) is 2.59. The largest absolute Gasteiger partial charge is 0.325 e. The predicted molar refractivity (Wildman–Crippen MR) is 119 cm³/mol. The molecule has 0 aliphatic heterocycles. The first kappa shape index (κ1) is 22.3. The molecule has 30 heavy (non-hydrogen) atoms. The number of aromatic nitrogens is 3. The minimum absolute atomic E-state index is 0.0994. The van der Waals surface area contributed by atoms with E-state index in [1.807, 2.05) is 19.9 Å². The first-order valence-corrected chi connectivity index (χ1v) is 12.0. The Morgan fingerprint density at radius 3 is 2.50 bits per heavy atom. The maximum absolute atomic E-state index is 12.6. The highest BCUT2D eigenvalue weighted by molar-refractivity contribution is 7.99. The molecule has 3 aromatic rings. The van der Waals surface area contributed by atoms with Crippen molar-refractivity contribution in [3.05, 3.63) is 64.4 Å². The van der Waals surface area contributed by atoms with Gasteiger partial charge in [-0.1, -0.05) is 47.1 Å². The van der Waals surface area contributed by atoms with Gasteiger partial charge in [0.1, 0.15) is 11.6 Å². The van der Waals surface area contributed by atoms with Crippen LogP contribution in [0.3, 0.4) is 0 Å². The molecule has 0 atom stereocenters. The van der Waals surface area contributed by atoms with Gasteiger partial charge >= 0.3 is 0 Å². The van der Waals surface area contributed by atoms with Crippen molar-refractivity contribution < 1.29 is 13.2 Å². The Labute approximate surface area is 184 Å². The molecule has 1 N–H and O–H groups in total. The third-order valence-corrected chi connectivity index (χ3v) is 7.47. The molecule has 0 aliphatic carbocycles. The van der Waals surface area contributed by atoms with Gasteiger partial charge in [-0.25, -0.2) is 8.42 Å². The summed E-state index contributed by atoms with van der Waals surface area (Å²) in [7, 11) is -1.86. The van der Waals surface area contributed by atoms with Crippen molar-refractivity contribution in [1.29, 1.82) is 0 Å². The molecule has 0 fully saturated rings. The average Bonchev–Trinajstić information content (AvgIpc) is 3.02. The number of carbonyl (C=O) groups excluding carboxylic acids is 1. The van der Waals surface area contributed by atoms with Gasteiger partial charge in [0.2, 0.25) is 5.91 Å². The van der Waals surface area contributed by atoms with Gasteiger partial charge in [0, 0.05) is 17.8 Å². The highest BCUT2D eigenvalue weighted by Gasteiger charge is 2.20. The molecule has 158 valence electrons. The number of hydrogen-bond donors (Lipinski definition) is 1. The van der Waals surface area contributed by atoms with Crippen molar-refractivity contribution in [2.45, 2.75) is 29.7 Å².